The maximum Gasteiger partial charge on any atom is 0.322 e. The van der Waals surface area contributed by atoms with Gasteiger partial charge in [0.1, 0.15) is 5.75 Å². The number of carbonyl (C=O) groups excluding carboxylic acids is 1. The molecule has 2 aromatic carbocycles. The normalized spacial score (nSPS) is 10.9. The van der Waals surface area contributed by atoms with E-state index in [1.807, 2.05) is 19.9 Å². The molecule has 0 fully saturated rings. The van der Waals surface area contributed by atoms with E-state index in [4.69, 9.17) is 27.9 Å². The van der Waals surface area contributed by atoms with E-state index in [-0.39, 0.29) is 5.91 Å². The average Bonchev–Trinajstić information content (AvgIpc) is 2.63. The van der Waals surface area contributed by atoms with E-state index < -0.39 is 0 Å². The fraction of sp³-hybridized carbons (Fsp3) is 0.0952. The monoisotopic (exact) mass is 413 g/mol. The number of nitrogens with one attached hydrogen (secondary N) is 1. The van der Waals surface area contributed by atoms with Crippen LogP contribution in [-0.4, -0.2) is 15.9 Å². The minimum atomic E-state index is -0.266. The lowest BCUT2D eigenvalue weighted by atomic mass is 10.2. The van der Waals surface area contributed by atoms with Gasteiger partial charge < -0.3 is 10.1 Å². The highest BCUT2D eigenvalue weighted by molar-refractivity contribution is 6.42. The van der Waals surface area contributed by atoms with Crippen LogP contribution >= 0.6 is 23.2 Å². The number of benzene rings is 2. The second-order valence-corrected chi connectivity index (χ2v) is 6.87. The summed E-state index contributed by atoms with van der Waals surface area (Å²) in [6.07, 6.45) is 3.08. The Kier molecular flexibility index (Phi) is 6.29. The van der Waals surface area contributed by atoms with E-state index in [1.165, 1.54) is 6.08 Å². The molecule has 0 saturated carbocycles. The lowest BCUT2D eigenvalue weighted by molar-refractivity contribution is -0.111. The Morgan fingerprint density at radius 2 is 1.64 bits per heavy atom. The highest BCUT2D eigenvalue weighted by atomic mass is 35.5. The van der Waals surface area contributed by atoms with Crippen LogP contribution in [0.1, 0.15) is 17.0 Å². The molecule has 142 valence electrons. The summed E-state index contributed by atoms with van der Waals surface area (Å²) in [7, 11) is 0. The van der Waals surface area contributed by atoms with E-state index in [0.717, 1.165) is 17.0 Å². The molecule has 1 aromatic heterocycles. The molecular weight excluding hydrogens is 397 g/mol. The van der Waals surface area contributed by atoms with E-state index in [9.17, 15) is 4.79 Å². The van der Waals surface area contributed by atoms with Crippen LogP contribution in [0.4, 0.5) is 5.69 Å². The molecule has 0 saturated heterocycles. The Balaban J connectivity index is 1.61. The first-order valence-electron chi connectivity index (χ1n) is 8.43. The summed E-state index contributed by atoms with van der Waals surface area (Å²) >= 11 is 11.8. The maximum absolute atomic E-state index is 12.1. The van der Waals surface area contributed by atoms with E-state index in [2.05, 4.69) is 15.3 Å². The topological polar surface area (TPSA) is 64.1 Å². The molecule has 28 heavy (non-hydrogen) atoms. The summed E-state index contributed by atoms with van der Waals surface area (Å²) < 4.78 is 5.65. The number of nitrogens with zero attached hydrogens (tertiary/aromatic N) is 2. The van der Waals surface area contributed by atoms with Crippen LogP contribution in [0.2, 0.25) is 10.0 Å². The fourth-order valence-corrected chi connectivity index (χ4v) is 2.73. The van der Waals surface area contributed by atoms with Gasteiger partial charge in [0.15, 0.2) is 0 Å². The van der Waals surface area contributed by atoms with Gasteiger partial charge in [-0.2, -0.15) is 0 Å². The molecule has 3 rings (SSSR count). The van der Waals surface area contributed by atoms with Crippen molar-refractivity contribution in [3.8, 4) is 11.8 Å². The number of aromatic nitrogens is 2. The Labute approximate surface area is 173 Å². The van der Waals surface area contributed by atoms with Crippen molar-refractivity contribution in [1.29, 1.82) is 0 Å². The molecule has 0 unspecified atom stereocenters. The Morgan fingerprint density at radius 3 is 2.29 bits per heavy atom. The van der Waals surface area contributed by atoms with Gasteiger partial charge in [-0.1, -0.05) is 29.3 Å². The first-order valence-corrected chi connectivity index (χ1v) is 9.19. The molecule has 0 atom stereocenters. The summed E-state index contributed by atoms with van der Waals surface area (Å²) in [6.45, 7) is 3.76. The quantitative estimate of drug-likeness (QED) is 0.533. The lowest BCUT2D eigenvalue weighted by Gasteiger charge is -2.07. The summed E-state index contributed by atoms with van der Waals surface area (Å²) in [5.41, 5.74) is 3.08. The van der Waals surface area contributed by atoms with Crippen LogP contribution in [0.15, 0.2) is 54.6 Å². The standard InChI is InChI=1S/C21H17Cl2N3O2/c1-13-11-14(2)25-21(24-13)28-17-7-5-16(6-8-17)26-20(27)10-4-15-3-9-18(22)19(23)12-15/h3-12H,1-2H3,(H,26,27)/b10-4+. The minimum absolute atomic E-state index is 0.266. The zero-order valence-corrected chi connectivity index (χ0v) is 16.8. The van der Waals surface area contributed by atoms with Crippen molar-refractivity contribution in [3.63, 3.8) is 0 Å². The van der Waals surface area contributed by atoms with Crippen molar-refractivity contribution in [2.24, 2.45) is 0 Å². The number of hydrogen-bond donors (Lipinski definition) is 1. The van der Waals surface area contributed by atoms with Crippen LogP contribution in [0.3, 0.4) is 0 Å². The molecular formula is C21H17Cl2N3O2. The van der Waals surface area contributed by atoms with Gasteiger partial charge in [0.2, 0.25) is 5.91 Å². The van der Waals surface area contributed by atoms with Gasteiger partial charge in [-0.05, 0) is 68.0 Å². The highest BCUT2D eigenvalue weighted by Gasteiger charge is 2.04. The molecule has 0 bridgehead atoms. The number of aryl methyl sites for hydroxylation is 2. The third-order valence-electron chi connectivity index (χ3n) is 3.66. The molecule has 0 aliphatic rings. The van der Waals surface area contributed by atoms with Gasteiger partial charge in [0.05, 0.1) is 10.0 Å². The first kappa shape index (κ1) is 19.9. The van der Waals surface area contributed by atoms with Crippen LogP contribution in [-0.2, 0) is 4.79 Å². The minimum Gasteiger partial charge on any atom is -0.424 e. The van der Waals surface area contributed by atoms with Gasteiger partial charge in [-0.15, -0.1) is 0 Å². The van der Waals surface area contributed by atoms with Crippen LogP contribution < -0.4 is 10.1 Å². The third kappa shape index (κ3) is 5.55. The van der Waals surface area contributed by atoms with Gasteiger partial charge >= 0.3 is 6.01 Å². The van der Waals surface area contributed by atoms with Crippen molar-refractivity contribution in [2.45, 2.75) is 13.8 Å². The number of ether oxygens (including phenoxy) is 1. The molecule has 1 N–H and O–H groups in total. The summed E-state index contributed by atoms with van der Waals surface area (Å²) in [4.78, 5) is 20.6. The molecule has 0 aliphatic heterocycles. The van der Waals surface area contributed by atoms with Crippen LogP contribution in [0, 0.1) is 13.8 Å². The second-order valence-electron chi connectivity index (χ2n) is 6.06. The molecule has 5 nitrogen and oxygen atoms in total. The molecule has 3 aromatic rings. The van der Waals surface area contributed by atoms with Gasteiger partial charge in [-0.3, -0.25) is 4.79 Å². The summed E-state index contributed by atoms with van der Waals surface area (Å²) in [6, 6.07) is 14.3. The Bertz CT molecular complexity index is 1010. The zero-order chi connectivity index (χ0) is 20.1. The lowest BCUT2D eigenvalue weighted by Crippen LogP contribution is -2.07. The fourth-order valence-electron chi connectivity index (χ4n) is 2.42. The van der Waals surface area contributed by atoms with Gasteiger partial charge in [0, 0.05) is 23.2 Å². The van der Waals surface area contributed by atoms with E-state index in [0.29, 0.717) is 27.5 Å². The maximum atomic E-state index is 12.1. The number of carbonyl (C=O) groups is 1. The summed E-state index contributed by atoms with van der Waals surface area (Å²) in [5.74, 6) is 0.312. The van der Waals surface area contributed by atoms with Crippen molar-refractivity contribution < 1.29 is 9.53 Å². The summed E-state index contributed by atoms with van der Waals surface area (Å²) in [5, 5.41) is 3.68. The number of hydrogen-bond acceptors (Lipinski definition) is 4. The Hall–Kier alpha value is -2.89. The number of anilines is 1. The van der Waals surface area contributed by atoms with Crippen molar-refractivity contribution in [2.75, 3.05) is 5.32 Å². The van der Waals surface area contributed by atoms with Crippen LogP contribution in [0.5, 0.6) is 11.8 Å². The molecule has 0 aliphatic carbocycles. The van der Waals surface area contributed by atoms with E-state index in [1.54, 1.807) is 48.5 Å². The molecule has 1 heterocycles. The number of halogens is 2. The van der Waals surface area contributed by atoms with Crippen molar-refractivity contribution in [3.05, 3.63) is 81.6 Å². The van der Waals surface area contributed by atoms with Gasteiger partial charge in [0.25, 0.3) is 0 Å². The number of amides is 1. The van der Waals surface area contributed by atoms with Crippen LogP contribution in [0.25, 0.3) is 6.08 Å². The molecule has 1 amide bonds. The van der Waals surface area contributed by atoms with Gasteiger partial charge in [-0.25, -0.2) is 9.97 Å². The predicted molar refractivity (Wildman–Crippen MR) is 112 cm³/mol. The smallest absolute Gasteiger partial charge is 0.322 e. The third-order valence-corrected chi connectivity index (χ3v) is 4.40. The second kappa shape index (κ2) is 8.87. The number of rotatable bonds is 5. The molecule has 0 spiro atoms. The van der Waals surface area contributed by atoms with Crippen molar-refractivity contribution >= 4 is 40.9 Å². The Morgan fingerprint density at radius 1 is 0.964 bits per heavy atom. The first-order chi connectivity index (χ1) is 13.4. The predicted octanol–water partition coefficient (Wildman–Crippen LogP) is 5.84. The van der Waals surface area contributed by atoms with Crippen molar-refractivity contribution in [1.82, 2.24) is 9.97 Å². The average molecular weight is 414 g/mol. The largest absolute Gasteiger partial charge is 0.424 e. The highest BCUT2D eigenvalue weighted by Crippen LogP contribution is 2.23. The molecule has 0 radical (unpaired) electrons. The SMILES string of the molecule is Cc1cc(C)nc(Oc2ccc(NC(=O)/C=C/c3ccc(Cl)c(Cl)c3)cc2)n1. The molecule has 7 heteroatoms. The zero-order valence-electron chi connectivity index (χ0n) is 15.2. The van der Waals surface area contributed by atoms with E-state index >= 15 is 0 Å².